The van der Waals surface area contributed by atoms with E-state index in [9.17, 15) is 14.4 Å². The second kappa shape index (κ2) is 6.86. The van der Waals surface area contributed by atoms with E-state index in [1.165, 1.54) is 0 Å². The second-order valence-electron chi connectivity index (χ2n) is 6.92. The van der Waals surface area contributed by atoms with Crippen molar-refractivity contribution in [1.29, 1.82) is 0 Å². The summed E-state index contributed by atoms with van der Waals surface area (Å²) in [7, 11) is 0. The number of rotatable bonds is 5. The van der Waals surface area contributed by atoms with Crippen molar-refractivity contribution < 1.29 is 23.9 Å². The number of carbonyl (C=O) groups excluding carboxylic acids is 3. The molecule has 0 aromatic heterocycles. The molecule has 0 saturated carbocycles. The molecule has 0 N–H and O–H groups in total. The first-order valence-corrected chi connectivity index (χ1v) is 6.76. The van der Waals surface area contributed by atoms with Crippen LogP contribution in [0.1, 0.15) is 54.9 Å². The van der Waals surface area contributed by atoms with Gasteiger partial charge in [0.25, 0.3) is 0 Å². The highest BCUT2D eigenvalue weighted by atomic mass is 16.6. The lowest BCUT2D eigenvalue weighted by atomic mass is 9.91. The third kappa shape index (κ3) is 7.26. The summed E-state index contributed by atoms with van der Waals surface area (Å²) in [6.07, 6.45) is 0.787. The Kier molecular flexibility index (Phi) is 6.38. The lowest BCUT2D eigenvalue weighted by Crippen LogP contribution is -2.40. The molecule has 0 aromatic carbocycles. The number of ether oxygens (including phenoxy) is 2. The first-order chi connectivity index (χ1) is 8.87. The van der Waals surface area contributed by atoms with Crippen LogP contribution in [0.25, 0.3) is 0 Å². The van der Waals surface area contributed by atoms with Gasteiger partial charge in [0, 0.05) is 6.42 Å². The van der Waals surface area contributed by atoms with Crippen molar-refractivity contribution in [1.82, 2.24) is 0 Å². The fourth-order valence-corrected chi connectivity index (χ4v) is 1.58. The predicted molar refractivity (Wildman–Crippen MR) is 75.0 cm³/mol. The Morgan fingerprint density at radius 2 is 1.30 bits per heavy atom. The van der Waals surface area contributed by atoms with E-state index in [4.69, 9.17) is 9.47 Å². The molecule has 0 heterocycles. The zero-order valence-electron chi connectivity index (χ0n) is 13.5. The van der Waals surface area contributed by atoms with Gasteiger partial charge in [-0.25, -0.2) is 0 Å². The van der Waals surface area contributed by atoms with E-state index < -0.39 is 35.0 Å². The SMILES string of the molecule is C[C@H](CC=O)C(C(=O)OC(C)(C)C)C(=O)OC(C)(C)C. The van der Waals surface area contributed by atoms with Crippen LogP contribution >= 0.6 is 0 Å². The minimum absolute atomic E-state index is 0.100. The summed E-state index contributed by atoms with van der Waals surface area (Å²) in [6, 6.07) is 0. The van der Waals surface area contributed by atoms with Crippen LogP contribution in [0, 0.1) is 11.8 Å². The van der Waals surface area contributed by atoms with Crippen molar-refractivity contribution in [3.63, 3.8) is 0 Å². The Labute approximate surface area is 121 Å². The van der Waals surface area contributed by atoms with E-state index in [0.717, 1.165) is 0 Å². The van der Waals surface area contributed by atoms with E-state index in [0.29, 0.717) is 6.29 Å². The van der Waals surface area contributed by atoms with Crippen LogP contribution in [0.5, 0.6) is 0 Å². The summed E-state index contributed by atoms with van der Waals surface area (Å²) in [5, 5.41) is 0. The highest BCUT2D eigenvalue weighted by Gasteiger charge is 2.38. The third-order valence-electron chi connectivity index (χ3n) is 2.36. The van der Waals surface area contributed by atoms with Crippen molar-refractivity contribution in [2.75, 3.05) is 0 Å². The number of carbonyl (C=O) groups is 3. The lowest BCUT2D eigenvalue weighted by molar-refractivity contribution is -0.177. The number of hydrogen-bond donors (Lipinski definition) is 0. The molecule has 0 aliphatic carbocycles. The highest BCUT2D eigenvalue weighted by molar-refractivity contribution is 5.95. The molecule has 0 spiro atoms. The Morgan fingerprint density at radius 3 is 1.55 bits per heavy atom. The van der Waals surface area contributed by atoms with Gasteiger partial charge < -0.3 is 14.3 Å². The van der Waals surface area contributed by atoms with E-state index in [1.807, 2.05) is 0 Å². The minimum Gasteiger partial charge on any atom is -0.459 e. The van der Waals surface area contributed by atoms with Crippen molar-refractivity contribution in [2.45, 2.75) is 66.1 Å². The van der Waals surface area contributed by atoms with Gasteiger partial charge in [0.2, 0.25) is 0 Å². The molecule has 0 rings (SSSR count). The summed E-state index contributed by atoms with van der Waals surface area (Å²) in [6.45, 7) is 12.0. The van der Waals surface area contributed by atoms with Gasteiger partial charge >= 0.3 is 11.9 Å². The van der Waals surface area contributed by atoms with Gasteiger partial charge in [-0.15, -0.1) is 0 Å². The number of hydrogen-bond acceptors (Lipinski definition) is 5. The Morgan fingerprint density at radius 1 is 0.950 bits per heavy atom. The van der Waals surface area contributed by atoms with E-state index in [1.54, 1.807) is 48.5 Å². The van der Waals surface area contributed by atoms with Crippen LogP contribution in [-0.4, -0.2) is 29.4 Å². The molecular formula is C15H26O5. The van der Waals surface area contributed by atoms with Crippen LogP contribution in [-0.2, 0) is 23.9 Å². The maximum Gasteiger partial charge on any atom is 0.321 e. The molecule has 0 aromatic rings. The molecule has 0 unspecified atom stereocenters. The summed E-state index contributed by atoms with van der Waals surface area (Å²) in [5.74, 6) is -2.85. The summed E-state index contributed by atoms with van der Waals surface area (Å²) in [5.41, 5.74) is -1.39. The van der Waals surface area contributed by atoms with Crippen molar-refractivity contribution in [3.8, 4) is 0 Å². The quantitative estimate of drug-likeness (QED) is 0.441. The molecule has 0 saturated heterocycles. The van der Waals surface area contributed by atoms with E-state index in [2.05, 4.69) is 0 Å². The molecule has 1 atom stereocenters. The topological polar surface area (TPSA) is 69.7 Å². The maximum absolute atomic E-state index is 12.2. The summed E-state index contributed by atoms with van der Waals surface area (Å²) in [4.78, 5) is 35.0. The number of esters is 2. The van der Waals surface area contributed by atoms with E-state index >= 15 is 0 Å². The number of aldehydes is 1. The zero-order valence-corrected chi connectivity index (χ0v) is 13.5. The molecule has 20 heavy (non-hydrogen) atoms. The average molecular weight is 286 g/mol. The minimum atomic E-state index is -1.08. The first-order valence-electron chi connectivity index (χ1n) is 6.76. The molecule has 0 amide bonds. The zero-order chi connectivity index (χ0) is 16.1. The first kappa shape index (κ1) is 18.6. The molecule has 0 aliphatic heterocycles. The third-order valence-corrected chi connectivity index (χ3v) is 2.36. The van der Waals surface area contributed by atoms with Gasteiger partial charge in [0.1, 0.15) is 17.5 Å². The molecule has 0 bridgehead atoms. The van der Waals surface area contributed by atoms with Crippen LogP contribution in [0.4, 0.5) is 0 Å². The fraction of sp³-hybridized carbons (Fsp3) is 0.800. The van der Waals surface area contributed by atoms with E-state index in [-0.39, 0.29) is 6.42 Å². The Balaban J connectivity index is 5.13. The van der Waals surface area contributed by atoms with Crippen LogP contribution in [0.15, 0.2) is 0 Å². The largest absolute Gasteiger partial charge is 0.459 e. The molecule has 0 aliphatic rings. The molecular weight excluding hydrogens is 260 g/mol. The Bertz CT molecular complexity index is 331. The predicted octanol–water partition coefficient (Wildman–Crippen LogP) is 2.51. The lowest BCUT2D eigenvalue weighted by Gasteiger charge is -2.28. The van der Waals surface area contributed by atoms with Gasteiger partial charge in [-0.1, -0.05) is 6.92 Å². The average Bonchev–Trinajstić information content (AvgIpc) is 2.11. The normalized spacial score (nSPS) is 13.8. The molecule has 0 radical (unpaired) electrons. The van der Waals surface area contributed by atoms with Crippen LogP contribution in [0.2, 0.25) is 0 Å². The maximum atomic E-state index is 12.2. The fourth-order valence-electron chi connectivity index (χ4n) is 1.58. The smallest absolute Gasteiger partial charge is 0.321 e. The summed E-state index contributed by atoms with van der Waals surface area (Å²) < 4.78 is 10.5. The van der Waals surface area contributed by atoms with Gasteiger partial charge in [0.05, 0.1) is 0 Å². The van der Waals surface area contributed by atoms with Gasteiger partial charge in [-0.3, -0.25) is 9.59 Å². The van der Waals surface area contributed by atoms with Crippen molar-refractivity contribution in [2.24, 2.45) is 11.8 Å². The van der Waals surface area contributed by atoms with Crippen molar-refractivity contribution in [3.05, 3.63) is 0 Å². The van der Waals surface area contributed by atoms with Gasteiger partial charge in [-0.2, -0.15) is 0 Å². The highest BCUT2D eigenvalue weighted by Crippen LogP contribution is 2.23. The Hall–Kier alpha value is -1.39. The molecule has 0 fully saturated rings. The monoisotopic (exact) mass is 286 g/mol. The van der Waals surface area contributed by atoms with Crippen molar-refractivity contribution >= 4 is 18.2 Å². The van der Waals surface area contributed by atoms with Crippen LogP contribution in [0.3, 0.4) is 0 Å². The molecule has 5 heteroatoms. The van der Waals surface area contributed by atoms with Gasteiger partial charge in [-0.05, 0) is 47.5 Å². The molecule has 116 valence electrons. The second-order valence-corrected chi connectivity index (χ2v) is 6.92. The standard InChI is InChI=1S/C15H26O5/c1-10(8-9-16)11(12(17)19-14(2,3)4)13(18)20-15(5,6)7/h9-11H,8H2,1-7H3/t10-/m1/s1. The van der Waals surface area contributed by atoms with Gasteiger partial charge in [0.15, 0.2) is 5.92 Å². The summed E-state index contributed by atoms with van der Waals surface area (Å²) >= 11 is 0. The molecule has 5 nitrogen and oxygen atoms in total. The van der Waals surface area contributed by atoms with Crippen LogP contribution < -0.4 is 0 Å².